The molecular formula is C69H83BN2. The molecule has 0 amide bonds. The highest BCUT2D eigenvalue weighted by Crippen LogP contribution is 2.62. The molecule has 2 aliphatic heterocycles. The monoisotopic (exact) mass is 951 g/mol. The molecule has 0 N–H and O–H groups in total. The summed E-state index contributed by atoms with van der Waals surface area (Å²) in [5.74, 6) is 2.52. The summed E-state index contributed by atoms with van der Waals surface area (Å²) in [6.45, 7) is 38.4. The Bertz CT molecular complexity index is 3150. The number of hydrogen-bond acceptors (Lipinski definition) is 2. The van der Waals surface area contributed by atoms with Gasteiger partial charge in [-0.2, -0.15) is 0 Å². The van der Waals surface area contributed by atoms with Crippen LogP contribution in [0, 0.1) is 17.8 Å². The van der Waals surface area contributed by atoms with Gasteiger partial charge in [0.25, 0.3) is 6.71 Å². The highest BCUT2D eigenvalue weighted by molar-refractivity contribution is 7.00. The van der Waals surface area contributed by atoms with E-state index in [4.69, 9.17) is 0 Å². The van der Waals surface area contributed by atoms with E-state index < -0.39 is 0 Å². The predicted molar refractivity (Wildman–Crippen MR) is 311 cm³/mol. The summed E-state index contributed by atoms with van der Waals surface area (Å²) < 4.78 is 0. The third kappa shape index (κ3) is 7.53. The van der Waals surface area contributed by atoms with Crippen molar-refractivity contribution in [2.45, 2.75) is 194 Å². The number of rotatable bonds is 4. The molecule has 0 spiro atoms. The topological polar surface area (TPSA) is 6.48 Å². The van der Waals surface area contributed by atoms with Crippen LogP contribution in [-0.4, -0.2) is 6.71 Å². The molecule has 0 aromatic heterocycles. The molecule has 5 aliphatic carbocycles. The molecule has 2 nitrogen and oxygen atoms in total. The van der Waals surface area contributed by atoms with Crippen LogP contribution in [0.4, 0.5) is 34.1 Å². The van der Waals surface area contributed by atoms with Crippen molar-refractivity contribution in [1.82, 2.24) is 0 Å². The lowest BCUT2D eigenvalue weighted by molar-refractivity contribution is -0.00514. The Morgan fingerprint density at radius 3 is 1.51 bits per heavy atom. The van der Waals surface area contributed by atoms with E-state index in [1.165, 1.54) is 134 Å². The molecule has 4 fully saturated rings. The normalized spacial score (nSPS) is 23.5. The second-order valence-electron chi connectivity index (χ2n) is 29.8. The summed E-state index contributed by atoms with van der Waals surface area (Å²) in [7, 11) is 0. The van der Waals surface area contributed by atoms with Gasteiger partial charge in [0.15, 0.2) is 0 Å². The van der Waals surface area contributed by atoms with E-state index in [0.29, 0.717) is 0 Å². The number of anilines is 6. The van der Waals surface area contributed by atoms with Crippen molar-refractivity contribution < 1.29 is 0 Å². The number of benzene rings is 6. The van der Waals surface area contributed by atoms with Crippen LogP contribution in [0.15, 0.2) is 109 Å². The van der Waals surface area contributed by atoms with E-state index in [1.54, 1.807) is 5.56 Å². The zero-order valence-electron chi connectivity index (χ0n) is 47.0. The number of hydrogen-bond donors (Lipinski definition) is 0. The van der Waals surface area contributed by atoms with Crippen LogP contribution in [0.25, 0.3) is 11.1 Å². The van der Waals surface area contributed by atoms with Crippen molar-refractivity contribution in [2.24, 2.45) is 17.8 Å². The smallest absolute Gasteiger partial charge is 0.252 e. The highest BCUT2D eigenvalue weighted by Gasteiger charge is 2.53. The third-order valence-corrected chi connectivity index (χ3v) is 19.2. The maximum Gasteiger partial charge on any atom is 0.252 e. The molecule has 6 aromatic rings. The van der Waals surface area contributed by atoms with Gasteiger partial charge in [-0.3, -0.25) is 0 Å². The Balaban J connectivity index is 1.20. The fourth-order valence-corrected chi connectivity index (χ4v) is 15.9. The molecule has 72 heavy (non-hydrogen) atoms. The first-order valence-electron chi connectivity index (χ1n) is 28.1. The van der Waals surface area contributed by atoms with Crippen LogP contribution in [0.2, 0.25) is 0 Å². The maximum atomic E-state index is 2.80. The minimum absolute atomic E-state index is 0.0113. The van der Waals surface area contributed by atoms with E-state index in [2.05, 4.69) is 230 Å². The standard InChI is InChI=1S/C69H83BN2/c1-63(2,3)46-18-23-51(24-19-46)71-58-28-22-48(65(7,8)9)34-56(58)70-55-26-20-49(66(10,11)12)35-59(55)72(61-37-50(36-60(71)62(61)70)69-38-42-29-43(39-69)31-44(30-42)40-69)57-27-21-47(64(4,5)6)33-52(57)45-17-25-53-54(32-45)68(15,16)41-67(53,13)14/h17-28,32-37,42-44H,29-31,38-41H2,1-16H3. The molecule has 0 saturated heterocycles. The van der Waals surface area contributed by atoms with Crippen molar-refractivity contribution in [3.05, 3.63) is 148 Å². The lowest BCUT2D eigenvalue weighted by Crippen LogP contribution is -2.62. The molecule has 6 aromatic carbocycles. The first-order chi connectivity index (χ1) is 33.6. The summed E-state index contributed by atoms with van der Waals surface area (Å²) in [4.78, 5) is 5.50. The summed E-state index contributed by atoms with van der Waals surface area (Å²) in [6, 6.07) is 45.4. The van der Waals surface area contributed by atoms with Crippen molar-refractivity contribution >= 4 is 57.2 Å². The van der Waals surface area contributed by atoms with Crippen LogP contribution < -0.4 is 26.2 Å². The fraction of sp³-hybridized carbons (Fsp3) is 0.478. The van der Waals surface area contributed by atoms with Crippen LogP contribution in [0.5, 0.6) is 0 Å². The van der Waals surface area contributed by atoms with Gasteiger partial charge in [0.05, 0.1) is 5.69 Å². The minimum atomic E-state index is -0.0373. The van der Waals surface area contributed by atoms with Crippen LogP contribution >= 0.6 is 0 Å². The first kappa shape index (κ1) is 48.0. The van der Waals surface area contributed by atoms with Crippen molar-refractivity contribution in [1.29, 1.82) is 0 Å². The van der Waals surface area contributed by atoms with Gasteiger partial charge < -0.3 is 9.80 Å². The average molecular weight is 951 g/mol. The van der Waals surface area contributed by atoms with E-state index in [0.717, 1.165) is 24.2 Å². The van der Waals surface area contributed by atoms with Gasteiger partial charge in [0.2, 0.25) is 0 Å². The molecular weight excluding hydrogens is 868 g/mol. The summed E-state index contributed by atoms with van der Waals surface area (Å²) >= 11 is 0. The Morgan fingerprint density at radius 2 is 0.931 bits per heavy atom. The van der Waals surface area contributed by atoms with Crippen LogP contribution in [0.3, 0.4) is 0 Å². The first-order valence-corrected chi connectivity index (χ1v) is 28.1. The lowest BCUT2D eigenvalue weighted by Gasteiger charge is -2.57. The predicted octanol–water partition coefficient (Wildman–Crippen LogP) is 17.1. The van der Waals surface area contributed by atoms with Crippen LogP contribution in [0.1, 0.15) is 195 Å². The molecule has 372 valence electrons. The second-order valence-corrected chi connectivity index (χ2v) is 29.8. The molecule has 0 radical (unpaired) electrons. The van der Waals surface area contributed by atoms with Gasteiger partial charge in [-0.05, 0) is 210 Å². The minimum Gasteiger partial charge on any atom is -0.311 e. The van der Waals surface area contributed by atoms with Gasteiger partial charge in [-0.25, -0.2) is 0 Å². The summed E-state index contributed by atoms with van der Waals surface area (Å²) in [5.41, 5.74) is 25.3. The molecule has 2 heterocycles. The van der Waals surface area contributed by atoms with E-state index in [-0.39, 0.29) is 44.6 Å². The summed E-state index contributed by atoms with van der Waals surface area (Å²) in [5, 5.41) is 0. The SMILES string of the molecule is CC(C)(C)c1ccc(N2c3ccc(C(C)(C)C)cc3B3c4ccc(C(C)(C)C)cc4N(c4ccc(C(C)(C)C)cc4-c4ccc5c(c4)C(C)(C)CC5(C)C)c4cc(C56CC7CC(CC(C7)C5)C6)cc2c43)cc1. The van der Waals surface area contributed by atoms with Gasteiger partial charge >= 0.3 is 0 Å². The number of nitrogens with zero attached hydrogens (tertiary/aromatic N) is 2. The van der Waals surface area contributed by atoms with Crippen molar-refractivity contribution in [3.8, 4) is 11.1 Å². The largest absolute Gasteiger partial charge is 0.311 e. The Labute approximate surface area is 435 Å². The van der Waals surface area contributed by atoms with E-state index in [1.807, 2.05) is 0 Å². The quantitative estimate of drug-likeness (QED) is 0.162. The van der Waals surface area contributed by atoms with E-state index in [9.17, 15) is 0 Å². The van der Waals surface area contributed by atoms with Crippen molar-refractivity contribution in [3.63, 3.8) is 0 Å². The van der Waals surface area contributed by atoms with Gasteiger partial charge in [-0.15, -0.1) is 0 Å². The molecule has 0 atom stereocenters. The maximum absolute atomic E-state index is 2.80. The van der Waals surface area contributed by atoms with Crippen molar-refractivity contribution in [2.75, 3.05) is 9.80 Å². The molecule has 13 rings (SSSR count). The Kier molecular flexibility index (Phi) is 10.3. The lowest BCUT2D eigenvalue weighted by atomic mass is 9.33. The van der Waals surface area contributed by atoms with Gasteiger partial charge in [0.1, 0.15) is 0 Å². The zero-order chi connectivity index (χ0) is 51.0. The molecule has 4 bridgehead atoms. The molecule has 3 heteroatoms. The molecule has 0 unspecified atom stereocenters. The molecule has 4 saturated carbocycles. The Morgan fingerprint density at radius 1 is 0.431 bits per heavy atom. The molecule has 7 aliphatic rings. The van der Waals surface area contributed by atoms with Gasteiger partial charge in [-0.1, -0.05) is 171 Å². The average Bonchev–Trinajstić information content (AvgIpc) is 3.48. The Hall–Kier alpha value is -5.02. The third-order valence-electron chi connectivity index (χ3n) is 19.2. The van der Waals surface area contributed by atoms with Crippen LogP contribution in [-0.2, 0) is 37.9 Å². The van der Waals surface area contributed by atoms with Gasteiger partial charge in [0, 0.05) is 34.0 Å². The van der Waals surface area contributed by atoms with E-state index >= 15 is 0 Å². The second kappa shape index (κ2) is 15.5. The number of fused-ring (bicyclic) bond motifs is 5. The highest BCUT2D eigenvalue weighted by atomic mass is 15.2. The summed E-state index contributed by atoms with van der Waals surface area (Å²) in [6.07, 6.45) is 9.42. The zero-order valence-corrected chi connectivity index (χ0v) is 47.0. The fourth-order valence-electron chi connectivity index (χ4n) is 15.9.